The van der Waals surface area contributed by atoms with Crippen molar-refractivity contribution in [2.45, 2.75) is 46.1 Å². The van der Waals surface area contributed by atoms with Crippen molar-refractivity contribution in [3.05, 3.63) is 23.9 Å². The molecule has 2 rings (SSSR count). The van der Waals surface area contributed by atoms with E-state index in [-0.39, 0.29) is 12.1 Å². The van der Waals surface area contributed by atoms with E-state index in [1.165, 1.54) is 20.0 Å². The Hall–Kier alpha value is -1.58. The van der Waals surface area contributed by atoms with Gasteiger partial charge in [0.1, 0.15) is 6.10 Å². The van der Waals surface area contributed by atoms with Crippen LogP contribution in [-0.2, 0) is 4.74 Å². The number of carbonyl (C=O) groups excluding carboxylic acids is 1. The Balaban J connectivity index is 2.13. The predicted molar refractivity (Wildman–Crippen MR) is 81.3 cm³/mol. The molecule has 3 unspecified atom stereocenters. The van der Waals surface area contributed by atoms with Gasteiger partial charge in [-0.25, -0.2) is 9.78 Å². The summed E-state index contributed by atoms with van der Waals surface area (Å²) in [5.41, 5.74) is 0.479. The van der Waals surface area contributed by atoms with Gasteiger partial charge in [-0.2, -0.15) is 0 Å². The highest BCUT2D eigenvalue weighted by molar-refractivity contribution is 5.89. The van der Waals surface area contributed by atoms with Gasteiger partial charge in [0, 0.05) is 12.3 Å². The van der Waals surface area contributed by atoms with Crippen molar-refractivity contribution >= 4 is 5.97 Å². The molecule has 4 heteroatoms. The third kappa shape index (κ3) is 3.96. The van der Waals surface area contributed by atoms with Crippen LogP contribution in [0.4, 0.5) is 0 Å². The molecule has 0 amide bonds. The van der Waals surface area contributed by atoms with E-state index in [1.54, 1.807) is 18.3 Å². The largest absolute Gasteiger partial charge is 0.474 e. The summed E-state index contributed by atoms with van der Waals surface area (Å²) in [6.07, 6.45) is 5.28. The minimum atomic E-state index is -0.361. The minimum absolute atomic E-state index is 0.175. The molecule has 1 aliphatic rings. The number of carbonyl (C=O) groups is 1. The number of ether oxygens (including phenoxy) is 2. The van der Waals surface area contributed by atoms with Crippen LogP contribution in [0.2, 0.25) is 0 Å². The predicted octanol–water partition coefficient (Wildman–Crippen LogP) is 3.71. The van der Waals surface area contributed by atoms with Crippen molar-refractivity contribution in [2.75, 3.05) is 7.11 Å². The zero-order valence-corrected chi connectivity index (χ0v) is 13.3. The van der Waals surface area contributed by atoms with Crippen molar-refractivity contribution in [1.29, 1.82) is 0 Å². The molecule has 1 aromatic rings. The summed E-state index contributed by atoms with van der Waals surface area (Å²) in [6, 6.07) is 3.31. The van der Waals surface area contributed by atoms with Gasteiger partial charge in [-0.3, -0.25) is 0 Å². The molecule has 4 nitrogen and oxygen atoms in total. The van der Waals surface area contributed by atoms with E-state index in [0.717, 1.165) is 6.42 Å². The van der Waals surface area contributed by atoms with Crippen LogP contribution in [0.25, 0.3) is 0 Å². The first-order valence-corrected chi connectivity index (χ1v) is 7.72. The van der Waals surface area contributed by atoms with Crippen LogP contribution in [0.15, 0.2) is 18.3 Å². The number of hydrogen-bond acceptors (Lipinski definition) is 4. The van der Waals surface area contributed by atoms with E-state index in [0.29, 0.717) is 29.2 Å². The van der Waals surface area contributed by atoms with Gasteiger partial charge in [0.2, 0.25) is 5.88 Å². The third-order valence-corrected chi connectivity index (χ3v) is 4.39. The highest BCUT2D eigenvalue weighted by atomic mass is 16.5. The fraction of sp³-hybridized carbons (Fsp3) is 0.647. The summed E-state index contributed by atoms with van der Waals surface area (Å²) in [4.78, 5) is 15.8. The normalized spacial score (nSPS) is 25.7. The van der Waals surface area contributed by atoms with Crippen molar-refractivity contribution in [3.8, 4) is 5.88 Å². The second-order valence-electron chi connectivity index (χ2n) is 6.36. The maximum absolute atomic E-state index is 11.6. The smallest absolute Gasteiger partial charge is 0.338 e. The molecule has 1 aromatic heterocycles. The molecular weight excluding hydrogens is 266 g/mol. The van der Waals surface area contributed by atoms with E-state index in [9.17, 15) is 4.79 Å². The number of nitrogens with zero attached hydrogens (tertiary/aromatic N) is 1. The summed E-state index contributed by atoms with van der Waals surface area (Å²) >= 11 is 0. The topological polar surface area (TPSA) is 48.4 Å². The molecule has 0 N–H and O–H groups in total. The lowest BCUT2D eigenvalue weighted by Crippen LogP contribution is -2.36. The van der Waals surface area contributed by atoms with E-state index in [4.69, 9.17) is 9.47 Å². The highest BCUT2D eigenvalue weighted by Crippen LogP contribution is 2.35. The van der Waals surface area contributed by atoms with Crippen LogP contribution in [0.3, 0.4) is 0 Å². The van der Waals surface area contributed by atoms with Crippen molar-refractivity contribution in [3.63, 3.8) is 0 Å². The molecule has 1 fully saturated rings. The Morgan fingerprint density at radius 3 is 2.81 bits per heavy atom. The maximum atomic E-state index is 11.6. The third-order valence-electron chi connectivity index (χ3n) is 4.39. The second-order valence-corrected chi connectivity index (χ2v) is 6.36. The first-order valence-electron chi connectivity index (χ1n) is 7.72. The van der Waals surface area contributed by atoms with Crippen LogP contribution in [0, 0.1) is 17.8 Å². The zero-order valence-electron chi connectivity index (χ0n) is 13.3. The number of methoxy groups -OCH3 is 1. The van der Waals surface area contributed by atoms with E-state index in [2.05, 4.69) is 25.8 Å². The molecule has 0 aliphatic heterocycles. The standard InChI is InChI=1S/C17H25NO3/c1-11(2)14-6-5-12(3)9-15(14)21-16-10-13(7-8-18-16)17(19)20-4/h7-8,10-12,14-15H,5-6,9H2,1-4H3. The van der Waals surface area contributed by atoms with E-state index < -0.39 is 0 Å². The fourth-order valence-corrected chi connectivity index (χ4v) is 3.12. The number of esters is 1. The SMILES string of the molecule is COC(=O)c1ccnc(OC2CC(C)CCC2C(C)C)c1. The molecule has 1 aliphatic carbocycles. The molecule has 0 spiro atoms. The average Bonchev–Trinajstić information content (AvgIpc) is 2.46. The Kier molecular flexibility index (Phi) is 5.21. The maximum Gasteiger partial charge on any atom is 0.338 e. The molecule has 1 saturated carbocycles. The van der Waals surface area contributed by atoms with Crippen LogP contribution < -0.4 is 4.74 Å². The van der Waals surface area contributed by atoms with Crippen LogP contribution in [0.5, 0.6) is 5.88 Å². The van der Waals surface area contributed by atoms with Gasteiger partial charge in [-0.05, 0) is 36.7 Å². The lowest BCUT2D eigenvalue weighted by atomic mass is 9.75. The first kappa shape index (κ1) is 15.8. The van der Waals surface area contributed by atoms with Gasteiger partial charge < -0.3 is 9.47 Å². The van der Waals surface area contributed by atoms with Crippen LogP contribution in [-0.4, -0.2) is 24.2 Å². The minimum Gasteiger partial charge on any atom is -0.474 e. The molecular formula is C17H25NO3. The molecule has 116 valence electrons. The van der Waals surface area contributed by atoms with E-state index >= 15 is 0 Å². The van der Waals surface area contributed by atoms with Crippen LogP contribution in [0.1, 0.15) is 50.4 Å². The monoisotopic (exact) mass is 291 g/mol. The van der Waals surface area contributed by atoms with Crippen molar-refractivity contribution < 1.29 is 14.3 Å². The number of pyridine rings is 1. The molecule has 3 atom stereocenters. The number of aromatic nitrogens is 1. The van der Waals surface area contributed by atoms with Gasteiger partial charge in [0.05, 0.1) is 12.7 Å². The molecule has 21 heavy (non-hydrogen) atoms. The quantitative estimate of drug-likeness (QED) is 0.793. The van der Waals surface area contributed by atoms with Gasteiger partial charge in [-0.1, -0.05) is 27.2 Å². The Morgan fingerprint density at radius 2 is 2.14 bits per heavy atom. The van der Waals surface area contributed by atoms with Crippen LogP contribution >= 0.6 is 0 Å². The molecule has 1 heterocycles. The average molecular weight is 291 g/mol. The zero-order chi connectivity index (χ0) is 15.4. The fourth-order valence-electron chi connectivity index (χ4n) is 3.12. The lowest BCUT2D eigenvalue weighted by Gasteiger charge is -2.37. The summed E-state index contributed by atoms with van der Waals surface area (Å²) < 4.78 is 10.9. The van der Waals surface area contributed by atoms with Gasteiger partial charge in [0.25, 0.3) is 0 Å². The van der Waals surface area contributed by atoms with Crippen molar-refractivity contribution in [2.24, 2.45) is 17.8 Å². The molecule has 0 saturated heterocycles. The Morgan fingerprint density at radius 1 is 1.38 bits per heavy atom. The number of hydrogen-bond donors (Lipinski definition) is 0. The summed E-state index contributed by atoms with van der Waals surface area (Å²) in [7, 11) is 1.38. The van der Waals surface area contributed by atoms with Crippen molar-refractivity contribution in [1.82, 2.24) is 4.98 Å². The summed E-state index contributed by atoms with van der Waals surface area (Å²) in [5.74, 6) is 1.96. The van der Waals surface area contributed by atoms with E-state index in [1.807, 2.05) is 0 Å². The Labute approximate surface area is 126 Å². The van der Waals surface area contributed by atoms with Gasteiger partial charge in [-0.15, -0.1) is 0 Å². The molecule has 0 aromatic carbocycles. The summed E-state index contributed by atoms with van der Waals surface area (Å²) in [6.45, 7) is 6.76. The molecule has 0 bridgehead atoms. The van der Waals surface area contributed by atoms with Gasteiger partial charge >= 0.3 is 5.97 Å². The number of rotatable bonds is 4. The molecule has 0 radical (unpaired) electrons. The first-order chi connectivity index (χ1) is 10.0. The second kappa shape index (κ2) is 6.92. The van der Waals surface area contributed by atoms with Gasteiger partial charge in [0.15, 0.2) is 0 Å². The lowest BCUT2D eigenvalue weighted by molar-refractivity contribution is 0.0421. The Bertz CT molecular complexity index is 487. The summed E-state index contributed by atoms with van der Waals surface area (Å²) in [5, 5.41) is 0. The highest BCUT2D eigenvalue weighted by Gasteiger charge is 2.32.